The van der Waals surface area contributed by atoms with E-state index >= 15 is 0 Å². The molecule has 0 saturated carbocycles. The van der Waals surface area contributed by atoms with Crippen LogP contribution >= 0.6 is 0 Å². The van der Waals surface area contributed by atoms with Gasteiger partial charge < -0.3 is 15.3 Å². The van der Waals surface area contributed by atoms with Crippen LogP contribution in [-0.4, -0.2) is 122 Å². The van der Waals surface area contributed by atoms with E-state index in [4.69, 9.17) is 13.7 Å². The van der Waals surface area contributed by atoms with Gasteiger partial charge in [-0.2, -0.15) is 86.3 Å². The van der Waals surface area contributed by atoms with Crippen molar-refractivity contribution in [3.63, 3.8) is 0 Å². The van der Waals surface area contributed by atoms with E-state index in [1.807, 2.05) is 0 Å². The van der Waals surface area contributed by atoms with Crippen molar-refractivity contribution >= 4 is 116 Å². The van der Waals surface area contributed by atoms with Gasteiger partial charge in [0, 0.05) is 53.5 Å². The number of carbonyl (C=O) groups is 3. The maximum Gasteiger partial charge on any atom is 0.294 e. The molecule has 88 heavy (non-hydrogen) atoms. The van der Waals surface area contributed by atoms with E-state index in [0.717, 1.165) is 106 Å². The molecule has 0 spiro atoms. The third-order valence-electron chi connectivity index (χ3n) is 11.8. The van der Waals surface area contributed by atoms with Gasteiger partial charge in [0.15, 0.2) is 18.1 Å². The van der Waals surface area contributed by atoms with Crippen molar-refractivity contribution in [3.05, 3.63) is 158 Å². The first kappa shape index (κ1) is 66.5. The fourth-order valence-electron chi connectivity index (χ4n) is 7.38. The summed E-state index contributed by atoms with van der Waals surface area (Å²) in [5.74, 6) is -2.85. The summed E-state index contributed by atoms with van der Waals surface area (Å²) in [6.45, 7) is 4.55. The van der Waals surface area contributed by atoms with Crippen molar-refractivity contribution in [2.45, 2.75) is 53.6 Å². The molecule has 0 fully saturated rings. The number of phenols is 3. The summed E-state index contributed by atoms with van der Waals surface area (Å²) in [6.07, 6.45) is 0. The summed E-state index contributed by atoms with van der Waals surface area (Å²) in [5, 5.41) is 99.7. The number of rotatable bonds is 15. The van der Waals surface area contributed by atoms with E-state index in [0.29, 0.717) is 0 Å². The number of azo groups is 3. The summed E-state index contributed by atoms with van der Waals surface area (Å²) < 4.78 is 93.7. The van der Waals surface area contributed by atoms with Crippen LogP contribution in [0.5, 0.6) is 17.2 Å². The zero-order valence-corrected chi connectivity index (χ0v) is 48.0. The number of amides is 3. The minimum absolute atomic E-state index is 0. The van der Waals surface area contributed by atoms with Gasteiger partial charge in [0.25, 0.3) is 65.1 Å². The van der Waals surface area contributed by atoms with Gasteiger partial charge in [0.05, 0.1) is 63.7 Å². The molecular weight excluding hydrogens is 1270 g/mol. The van der Waals surface area contributed by atoms with Gasteiger partial charge in [-0.3, -0.25) is 58.4 Å². The number of benzene rings is 6. The molecule has 3 heterocycles. The molecule has 3 unspecified atom stereocenters. The van der Waals surface area contributed by atoms with Gasteiger partial charge in [-0.25, -0.2) is 0 Å². The molecule has 3 aliphatic rings. The number of carbonyl (C=O) groups excluding carboxylic acids is 3. The van der Waals surface area contributed by atoms with Crippen LogP contribution in [0, 0.1) is 30.3 Å². The Morgan fingerprint density at radius 3 is 0.818 bits per heavy atom. The summed E-state index contributed by atoms with van der Waals surface area (Å²) >= 11 is 0. The van der Waals surface area contributed by atoms with Gasteiger partial charge in [-0.1, -0.05) is 0 Å². The van der Waals surface area contributed by atoms with Gasteiger partial charge in [0.2, 0.25) is 0 Å². The topological polar surface area (TPSA) is 525 Å². The van der Waals surface area contributed by atoms with Gasteiger partial charge in [-0.05, 0) is 112 Å². The number of nitro benzene ring substituents is 3. The van der Waals surface area contributed by atoms with Crippen LogP contribution in [0.1, 0.15) is 20.8 Å². The van der Waals surface area contributed by atoms with Crippen LogP contribution in [0.25, 0.3) is 0 Å². The van der Waals surface area contributed by atoms with Crippen molar-refractivity contribution < 1.29 is 100 Å². The number of anilines is 3. The molecule has 36 nitrogen and oxygen atoms in total. The van der Waals surface area contributed by atoms with Crippen molar-refractivity contribution in [2.24, 2.45) is 46.0 Å². The molecule has 6 aromatic rings. The number of non-ortho nitro benzene ring substituents is 3. The largest absolute Gasteiger partial charge is 0.506 e. The average Bonchev–Trinajstić information content (AvgIpc) is 4.25. The second-order valence-corrected chi connectivity index (χ2v) is 22.0. The first-order valence-corrected chi connectivity index (χ1v) is 28.1. The summed E-state index contributed by atoms with van der Waals surface area (Å²) in [6, 6.07) is 20.6. The summed E-state index contributed by atoms with van der Waals surface area (Å²) in [4.78, 5) is 67.3. The minimum atomic E-state index is -4.38. The third-order valence-corrected chi connectivity index (χ3v) is 14.4. The minimum Gasteiger partial charge on any atom is -0.506 e. The van der Waals surface area contributed by atoms with E-state index in [1.54, 1.807) is 0 Å². The van der Waals surface area contributed by atoms with E-state index in [1.165, 1.54) is 57.2 Å². The molecule has 6 aromatic carbocycles. The van der Waals surface area contributed by atoms with Crippen molar-refractivity contribution in [1.82, 2.24) is 0 Å². The predicted molar refractivity (Wildman–Crippen MR) is 300 cm³/mol. The fourth-order valence-corrected chi connectivity index (χ4v) is 8.82. The second kappa shape index (κ2) is 26.8. The number of nitro groups is 3. The van der Waals surface area contributed by atoms with Crippen molar-refractivity contribution in [3.8, 4) is 17.2 Å². The quantitative estimate of drug-likeness (QED) is 0.0193. The summed E-state index contributed by atoms with van der Waals surface area (Å²) in [7, 11) is -13.1. The first-order chi connectivity index (χ1) is 40.7. The van der Waals surface area contributed by atoms with E-state index in [2.05, 4.69) is 46.0 Å². The molecule has 0 saturated heterocycles. The monoisotopic (exact) mass is 1310 g/mol. The Kier molecular flexibility index (Phi) is 20.2. The van der Waals surface area contributed by atoms with E-state index in [-0.39, 0.29) is 117 Å². The number of hydrogen-bond donors (Lipinski definition) is 6. The van der Waals surface area contributed by atoms with Crippen LogP contribution in [0.15, 0.2) is 188 Å². The van der Waals surface area contributed by atoms with Crippen LogP contribution in [-0.2, 0) is 61.8 Å². The number of phenolic OH excluding ortho intramolecular Hbond substituents is 3. The molecule has 6 N–H and O–H groups in total. The number of nitrogens with zero attached hydrogens (tertiary/aromatic N) is 15. The second-order valence-electron chi connectivity index (χ2n) is 17.7. The molecule has 0 radical (unpaired) electrons. The molecule has 3 aliphatic heterocycles. The Balaban J connectivity index is 0.000000209. The Bertz CT molecular complexity index is 3920. The maximum atomic E-state index is 12.6. The predicted octanol–water partition coefficient (Wildman–Crippen LogP) is 7.26. The zero-order valence-electron chi connectivity index (χ0n) is 44.4. The molecule has 0 aromatic heterocycles. The molecule has 40 heteroatoms. The zero-order chi connectivity index (χ0) is 64.0. The molecule has 3 atom stereocenters. The Morgan fingerprint density at radius 1 is 0.409 bits per heavy atom. The summed E-state index contributed by atoms with van der Waals surface area (Å²) in [5.41, 5.74) is 0.0316. The Morgan fingerprint density at radius 2 is 0.625 bits per heavy atom. The van der Waals surface area contributed by atoms with Crippen LogP contribution in [0.4, 0.5) is 51.2 Å². The Hall–Kier alpha value is -10.6. The molecule has 458 valence electrons. The molecule has 3 amide bonds. The first-order valence-electron chi connectivity index (χ1n) is 23.8. The number of hydrazone groups is 3. The average molecular weight is 1310 g/mol. The van der Waals surface area contributed by atoms with Gasteiger partial charge in [0.1, 0.15) is 34.3 Å². The molecule has 0 aliphatic carbocycles. The van der Waals surface area contributed by atoms with E-state index < -0.39 is 81.0 Å². The van der Waals surface area contributed by atoms with Crippen LogP contribution in [0.3, 0.4) is 0 Å². The van der Waals surface area contributed by atoms with Crippen molar-refractivity contribution in [1.29, 1.82) is 0 Å². The molecule has 0 bridgehead atoms. The maximum absolute atomic E-state index is 12.6. The van der Waals surface area contributed by atoms with Gasteiger partial charge >= 0.3 is 0 Å². The number of aromatic hydroxyl groups is 3. The smallest absolute Gasteiger partial charge is 0.294 e. The standard InChI is InChI=1S/3C16H13N5O7S.Fe/c3*1-9-15(18-17-13-8-11(21(24)25)4-7-14(13)22)16(23)20(19-9)10-2-5-12(6-3-10)29(26,27)28;/h3*2-8,15,22H,1H3,(H,26,27,28);. The molecular formula is C48H39FeN15O21S3. The normalized spacial score (nSPS) is 16.8. The fraction of sp³-hybridized carbons (Fsp3) is 0.125. The number of hydrogen-bond acceptors (Lipinski definition) is 27. The van der Waals surface area contributed by atoms with E-state index in [9.17, 15) is 85.3 Å². The third kappa shape index (κ3) is 15.6. The van der Waals surface area contributed by atoms with Crippen molar-refractivity contribution in [2.75, 3.05) is 15.0 Å². The molecule has 9 rings (SSSR count). The van der Waals surface area contributed by atoms with Crippen LogP contribution in [0.2, 0.25) is 0 Å². The Labute approximate surface area is 504 Å². The SMILES string of the molecule is CC1=NN(c2ccc(S(=O)(=O)O)cc2)C(=O)C1N=Nc1cc([N+](=O)[O-])ccc1O.CC1=NN(c2ccc(S(=O)(=O)O)cc2)C(=O)C1N=Nc1cc([N+](=O)[O-])ccc1O.CC1=NN(c2ccc(S(=O)(=O)O)cc2)C(=O)C1N=Nc1cc([N+](=O)[O-])ccc1O.[Fe]. The van der Waals surface area contributed by atoms with Crippen LogP contribution < -0.4 is 15.0 Å². The van der Waals surface area contributed by atoms with Gasteiger partial charge in [-0.15, -0.1) is 0 Å².